The third kappa shape index (κ3) is 3.78. The largest absolute Gasteiger partial charge is 0.365 e. The summed E-state index contributed by atoms with van der Waals surface area (Å²) in [6, 6.07) is 20.3. The van der Waals surface area contributed by atoms with Crippen molar-refractivity contribution in [2.24, 2.45) is 5.73 Å². The van der Waals surface area contributed by atoms with Gasteiger partial charge in [-0.05, 0) is 17.7 Å². The molecule has 26 heavy (non-hydrogen) atoms. The number of nitrogens with zero attached hydrogens (tertiary/aromatic N) is 1. The number of aromatic nitrogens is 1. The summed E-state index contributed by atoms with van der Waals surface area (Å²) in [7, 11) is 0. The predicted molar refractivity (Wildman–Crippen MR) is 100 cm³/mol. The Morgan fingerprint density at radius 2 is 1.65 bits per heavy atom. The molecule has 3 N–H and O–H groups in total. The van der Waals surface area contributed by atoms with Crippen LogP contribution in [0.3, 0.4) is 0 Å². The zero-order chi connectivity index (χ0) is 18.5. The molecule has 0 aliphatic heterocycles. The number of carbonyl (C=O) groups is 2. The van der Waals surface area contributed by atoms with Crippen molar-refractivity contribution in [1.29, 1.82) is 0 Å². The molecule has 0 unspecified atom stereocenters. The molecule has 130 valence electrons. The molecule has 0 radical (unpaired) electrons. The van der Waals surface area contributed by atoms with Crippen molar-refractivity contribution in [3.8, 4) is 11.1 Å². The lowest BCUT2D eigenvalue weighted by Crippen LogP contribution is -2.44. The fourth-order valence-corrected chi connectivity index (χ4v) is 2.71. The maximum atomic E-state index is 12.7. The van der Waals surface area contributed by atoms with Crippen LogP contribution < -0.4 is 15.6 Å². The van der Waals surface area contributed by atoms with Gasteiger partial charge < -0.3 is 11.1 Å². The Bertz CT molecular complexity index is 939. The van der Waals surface area contributed by atoms with E-state index in [0.717, 1.165) is 16.8 Å². The number of pyridine rings is 1. The van der Waals surface area contributed by atoms with Crippen molar-refractivity contribution >= 4 is 17.5 Å². The van der Waals surface area contributed by atoms with E-state index in [4.69, 9.17) is 5.73 Å². The summed E-state index contributed by atoms with van der Waals surface area (Å²) in [6.07, 6.45) is 3.31. The van der Waals surface area contributed by atoms with Gasteiger partial charge in [0.15, 0.2) is 12.4 Å². The monoisotopic (exact) mass is 346 g/mol. The molecule has 0 saturated carbocycles. The summed E-state index contributed by atoms with van der Waals surface area (Å²) in [6.45, 7) is 1.77. The Hall–Kier alpha value is -3.47. The minimum Gasteiger partial charge on any atom is -0.365 e. The number of rotatable bonds is 5. The molecular formula is C21H20N3O2+. The van der Waals surface area contributed by atoms with Crippen molar-refractivity contribution < 1.29 is 14.2 Å². The first-order valence-electron chi connectivity index (χ1n) is 8.32. The number of primary amides is 1. The molecule has 2 aromatic carbocycles. The molecule has 0 saturated heterocycles. The molecule has 0 aliphatic rings. The molecule has 2 amide bonds. The average molecular weight is 346 g/mol. The molecular weight excluding hydrogens is 326 g/mol. The quantitative estimate of drug-likeness (QED) is 0.697. The Labute approximate surface area is 152 Å². The van der Waals surface area contributed by atoms with Crippen LogP contribution in [0.25, 0.3) is 11.1 Å². The topological polar surface area (TPSA) is 76.1 Å². The second-order valence-electron chi connectivity index (χ2n) is 5.98. The van der Waals surface area contributed by atoms with Gasteiger partial charge in [0.2, 0.25) is 6.04 Å². The van der Waals surface area contributed by atoms with Crippen LogP contribution in [0.15, 0.2) is 79.1 Å². The highest BCUT2D eigenvalue weighted by atomic mass is 16.2. The van der Waals surface area contributed by atoms with Crippen LogP contribution in [0.2, 0.25) is 0 Å². The number of nitrogens with one attached hydrogen (secondary N) is 1. The number of hydrogen-bond donors (Lipinski definition) is 2. The number of amides is 2. The van der Waals surface area contributed by atoms with Gasteiger partial charge in [0.05, 0.1) is 0 Å². The summed E-state index contributed by atoms with van der Waals surface area (Å²) in [4.78, 5) is 24.1. The summed E-state index contributed by atoms with van der Waals surface area (Å²) < 4.78 is 1.67. The van der Waals surface area contributed by atoms with Crippen molar-refractivity contribution in [3.05, 3.63) is 84.7 Å². The van der Waals surface area contributed by atoms with Crippen molar-refractivity contribution in [2.45, 2.75) is 13.0 Å². The normalized spacial score (nSPS) is 11.6. The summed E-state index contributed by atoms with van der Waals surface area (Å²) in [5, 5.41) is 2.98. The van der Waals surface area contributed by atoms with E-state index in [9.17, 15) is 9.59 Å². The van der Waals surface area contributed by atoms with Gasteiger partial charge in [0, 0.05) is 24.2 Å². The lowest BCUT2D eigenvalue weighted by molar-refractivity contribution is -0.705. The van der Waals surface area contributed by atoms with Gasteiger partial charge in [0.25, 0.3) is 11.8 Å². The molecule has 1 heterocycles. The molecule has 5 heteroatoms. The summed E-state index contributed by atoms with van der Waals surface area (Å²) >= 11 is 0. The van der Waals surface area contributed by atoms with Gasteiger partial charge in [0.1, 0.15) is 5.56 Å². The molecule has 0 aliphatic carbocycles. The van der Waals surface area contributed by atoms with E-state index in [-0.39, 0.29) is 5.91 Å². The van der Waals surface area contributed by atoms with Crippen LogP contribution in [-0.4, -0.2) is 11.8 Å². The minimum atomic E-state index is -0.526. The van der Waals surface area contributed by atoms with E-state index < -0.39 is 11.9 Å². The van der Waals surface area contributed by atoms with Crippen LogP contribution >= 0.6 is 0 Å². The number of anilines is 1. The Morgan fingerprint density at radius 1 is 0.962 bits per heavy atom. The number of carbonyl (C=O) groups excluding carboxylic acids is 2. The number of benzene rings is 2. The van der Waals surface area contributed by atoms with Gasteiger partial charge in [-0.1, -0.05) is 48.5 Å². The van der Waals surface area contributed by atoms with Crippen molar-refractivity contribution in [1.82, 2.24) is 0 Å². The number of hydrogen-bond acceptors (Lipinski definition) is 2. The van der Waals surface area contributed by atoms with E-state index in [1.54, 1.807) is 36.0 Å². The van der Waals surface area contributed by atoms with Gasteiger partial charge >= 0.3 is 0 Å². The molecule has 0 bridgehead atoms. The highest BCUT2D eigenvalue weighted by Gasteiger charge is 2.23. The van der Waals surface area contributed by atoms with Crippen molar-refractivity contribution in [3.63, 3.8) is 0 Å². The third-order valence-corrected chi connectivity index (χ3v) is 4.20. The zero-order valence-corrected chi connectivity index (χ0v) is 14.4. The molecule has 3 aromatic rings. The zero-order valence-electron chi connectivity index (χ0n) is 14.4. The maximum Gasteiger partial charge on any atom is 0.293 e. The van der Waals surface area contributed by atoms with E-state index in [0.29, 0.717) is 5.56 Å². The van der Waals surface area contributed by atoms with Gasteiger partial charge in [-0.25, -0.2) is 0 Å². The maximum absolute atomic E-state index is 12.7. The average Bonchev–Trinajstić information content (AvgIpc) is 2.68. The van der Waals surface area contributed by atoms with E-state index in [1.807, 2.05) is 54.6 Å². The second kappa shape index (κ2) is 7.61. The van der Waals surface area contributed by atoms with Crippen LogP contribution in [-0.2, 0) is 4.79 Å². The molecule has 0 spiro atoms. The predicted octanol–water partition coefficient (Wildman–Crippen LogP) is 2.94. The Morgan fingerprint density at radius 3 is 2.38 bits per heavy atom. The van der Waals surface area contributed by atoms with E-state index in [2.05, 4.69) is 5.32 Å². The first-order valence-corrected chi connectivity index (χ1v) is 8.32. The summed E-state index contributed by atoms with van der Waals surface area (Å²) in [5.74, 6) is -0.707. The highest BCUT2D eigenvalue weighted by Crippen LogP contribution is 2.27. The Balaban J connectivity index is 1.85. The highest BCUT2D eigenvalue weighted by molar-refractivity contribution is 5.96. The molecule has 1 atom stereocenters. The van der Waals surface area contributed by atoms with Crippen LogP contribution in [0.4, 0.5) is 5.69 Å². The molecule has 1 aromatic heterocycles. The van der Waals surface area contributed by atoms with Crippen LogP contribution in [0.5, 0.6) is 0 Å². The lowest BCUT2D eigenvalue weighted by Gasteiger charge is -2.13. The number of para-hydroxylation sites is 1. The van der Waals surface area contributed by atoms with Gasteiger partial charge in [-0.15, -0.1) is 0 Å². The standard InChI is InChI=1S/C21H19N3O2/c1-15(24-13-7-10-17(14-24)20(22)25)21(26)23-19-12-6-5-11-18(19)16-8-3-2-4-9-16/h2-15H,1H3,(H2-,22,23,25,26)/p+1/t15-/m0/s1. The SMILES string of the molecule is C[C@@H](C(=O)Nc1ccccc1-c1ccccc1)[n+]1cccc(C(N)=O)c1. The summed E-state index contributed by atoms with van der Waals surface area (Å²) in [5.41, 5.74) is 8.39. The third-order valence-electron chi connectivity index (χ3n) is 4.20. The van der Waals surface area contributed by atoms with Crippen LogP contribution in [0.1, 0.15) is 23.3 Å². The van der Waals surface area contributed by atoms with E-state index >= 15 is 0 Å². The molecule has 5 nitrogen and oxygen atoms in total. The van der Waals surface area contributed by atoms with Crippen molar-refractivity contribution in [2.75, 3.05) is 5.32 Å². The van der Waals surface area contributed by atoms with Gasteiger partial charge in [-0.3, -0.25) is 9.59 Å². The van der Waals surface area contributed by atoms with E-state index in [1.165, 1.54) is 0 Å². The van der Waals surface area contributed by atoms with Crippen LogP contribution in [0, 0.1) is 0 Å². The minimum absolute atomic E-state index is 0.181. The fourth-order valence-electron chi connectivity index (χ4n) is 2.71. The first-order chi connectivity index (χ1) is 12.6. The second-order valence-corrected chi connectivity index (χ2v) is 5.98. The Kier molecular flexibility index (Phi) is 5.08. The number of nitrogens with two attached hydrogens (primary N) is 1. The van der Waals surface area contributed by atoms with Gasteiger partial charge in [-0.2, -0.15) is 4.57 Å². The molecule has 3 rings (SSSR count). The fraction of sp³-hybridized carbons (Fsp3) is 0.0952. The smallest absolute Gasteiger partial charge is 0.293 e. The molecule has 0 fully saturated rings. The lowest BCUT2D eigenvalue weighted by atomic mass is 10.0. The first kappa shape index (κ1) is 17.4.